The van der Waals surface area contributed by atoms with E-state index >= 15 is 0 Å². The first-order chi connectivity index (χ1) is 13.5. The molecule has 0 bridgehead atoms. The summed E-state index contributed by atoms with van der Waals surface area (Å²) in [5.74, 6) is -1.26. The first-order valence-electron chi connectivity index (χ1n) is 9.81. The second-order valence-electron chi connectivity index (χ2n) is 7.95. The minimum Gasteiger partial charge on any atom is -0.481 e. The monoisotopic (exact) mass is 379 g/mol. The lowest BCUT2D eigenvalue weighted by Crippen LogP contribution is -2.51. The van der Waals surface area contributed by atoms with Crippen LogP contribution in [0.1, 0.15) is 37.3 Å². The number of hydrogen-bond acceptors (Lipinski definition) is 3. The van der Waals surface area contributed by atoms with E-state index in [1.54, 1.807) is 4.90 Å². The molecule has 0 radical (unpaired) electrons. The van der Waals surface area contributed by atoms with Gasteiger partial charge in [-0.05, 0) is 41.5 Å². The third-order valence-corrected chi connectivity index (χ3v) is 6.31. The first kappa shape index (κ1) is 18.5. The molecule has 28 heavy (non-hydrogen) atoms. The molecule has 0 saturated carbocycles. The average Bonchev–Trinajstić information content (AvgIpc) is 3.02. The van der Waals surface area contributed by atoms with E-state index in [9.17, 15) is 14.7 Å². The maximum atomic E-state index is 12.8. The highest BCUT2D eigenvalue weighted by atomic mass is 16.6. The van der Waals surface area contributed by atoms with E-state index in [4.69, 9.17) is 4.74 Å². The number of hydrogen-bond donors (Lipinski definition) is 1. The molecule has 146 valence electrons. The fourth-order valence-corrected chi connectivity index (χ4v) is 4.53. The number of likely N-dealkylation sites (tertiary alicyclic amines) is 1. The number of carbonyl (C=O) groups excluding carboxylic acids is 1. The third kappa shape index (κ3) is 3.15. The van der Waals surface area contributed by atoms with E-state index in [0.717, 1.165) is 0 Å². The van der Waals surface area contributed by atoms with Crippen molar-refractivity contribution in [3.05, 3.63) is 59.7 Å². The zero-order valence-corrected chi connectivity index (χ0v) is 16.2. The SMILES string of the molecule is CC1CC(C(=O)O)CN(C(=O)OCC2c3ccccc3-c3ccccc32)C1C. The van der Waals surface area contributed by atoms with Gasteiger partial charge in [-0.3, -0.25) is 4.79 Å². The molecule has 1 heterocycles. The Kier molecular flexibility index (Phi) is 4.84. The lowest BCUT2D eigenvalue weighted by molar-refractivity contribution is -0.144. The number of piperidine rings is 1. The highest BCUT2D eigenvalue weighted by molar-refractivity contribution is 5.79. The molecule has 1 aliphatic heterocycles. The number of aliphatic carboxylic acids is 1. The zero-order valence-electron chi connectivity index (χ0n) is 16.2. The predicted molar refractivity (Wildman–Crippen MR) is 106 cm³/mol. The van der Waals surface area contributed by atoms with Gasteiger partial charge in [0.05, 0.1) is 5.92 Å². The Hall–Kier alpha value is -2.82. The van der Waals surface area contributed by atoms with Crippen molar-refractivity contribution in [1.82, 2.24) is 4.90 Å². The van der Waals surface area contributed by atoms with E-state index in [1.165, 1.54) is 22.3 Å². The van der Waals surface area contributed by atoms with Crippen LogP contribution in [-0.2, 0) is 9.53 Å². The second-order valence-corrected chi connectivity index (χ2v) is 7.95. The van der Waals surface area contributed by atoms with Crippen molar-refractivity contribution in [2.45, 2.75) is 32.2 Å². The molecule has 4 rings (SSSR count). The summed E-state index contributed by atoms with van der Waals surface area (Å²) in [5.41, 5.74) is 4.70. The van der Waals surface area contributed by atoms with Gasteiger partial charge in [0.1, 0.15) is 6.61 Å². The topological polar surface area (TPSA) is 66.8 Å². The molecule has 1 saturated heterocycles. The Labute approximate surface area is 164 Å². The molecule has 2 aromatic rings. The highest BCUT2D eigenvalue weighted by Crippen LogP contribution is 2.44. The quantitative estimate of drug-likeness (QED) is 0.860. The first-order valence-corrected chi connectivity index (χ1v) is 9.81. The van der Waals surface area contributed by atoms with Crippen molar-refractivity contribution in [1.29, 1.82) is 0 Å². The summed E-state index contributed by atoms with van der Waals surface area (Å²) in [7, 11) is 0. The van der Waals surface area contributed by atoms with Gasteiger partial charge in [-0.1, -0.05) is 55.5 Å². The molecule has 0 spiro atoms. The van der Waals surface area contributed by atoms with Crippen LogP contribution in [0.4, 0.5) is 4.79 Å². The molecular weight excluding hydrogens is 354 g/mol. The van der Waals surface area contributed by atoms with Crippen LogP contribution >= 0.6 is 0 Å². The van der Waals surface area contributed by atoms with Crippen LogP contribution in [0, 0.1) is 11.8 Å². The summed E-state index contributed by atoms with van der Waals surface area (Å²) < 4.78 is 5.72. The molecule has 1 fully saturated rings. The van der Waals surface area contributed by atoms with Crippen molar-refractivity contribution < 1.29 is 19.4 Å². The van der Waals surface area contributed by atoms with Gasteiger partial charge >= 0.3 is 12.1 Å². The van der Waals surface area contributed by atoms with Gasteiger partial charge in [-0.15, -0.1) is 0 Å². The number of fused-ring (bicyclic) bond motifs is 3. The number of carboxylic acids is 1. The van der Waals surface area contributed by atoms with Crippen LogP contribution in [0.3, 0.4) is 0 Å². The lowest BCUT2D eigenvalue weighted by Gasteiger charge is -2.40. The maximum absolute atomic E-state index is 12.8. The van der Waals surface area contributed by atoms with Crippen LogP contribution in [0.25, 0.3) is 11.1 Å². The van der Waals surface area contributed by atoms with Crippen molar-refractivity contribution >= 4 is 12.1 Å². The molecule has 3 atom stereocenters. The van der Waals surface area contributed by atoms with E-state index in [0.29, 0.717) is 6.42 Å². The summed E-state index contributed by atoms with van der Waals surface area (Å²) in [4.78, 5) is 25.8. The number of ether oxygens (including phenoxy) is 1. The van der Waals surface area contributed by atoms with E-state index in [2.05, 4.69) is 24.3 Å². The van der Waals surface area contributed by atoms with Crippen molar-refractivity contribution in [3.8, 4) is 11.1 Å². The zero-order chi connectivity index (χ0) is 19.8. The summed E-state index contributed by atoms with van der Waals surface area (Å²) in [6.07, 6.45) is 0.163. The Morgan fingerprint density at radius 1 is 1.04 bits per heavy atom. The molecule has 1 aliphatic carbocycles. The summed E-state index contributed by atoms with van der Waals surface area (Å²) >= 11 is 0. The molecule has 5 heteroatoms. The Morgan fingerprint density at radius 2 is 1.61 bits per heavy atom. The number of amides is 1. The van der Waals surface area contributed by atoms with Gasteiger partial charge in [-0.25, -0.2) is 4.79 Å². The number of carbonyl (C=O) groups is 2. The normalized spacial score (nSPS) is 23.8. The van der Waals surface area contributed by atoms with Crippen LogP contribution in [0.15, 0.2) is 48.5 Å². The largest absolute Gasteiger partial charge is 0.481 e. The average molecular weight is 379 g/mol. The molecule has 2 aromatic carbocycles. The standard InChI is InChI=1S/C23H25NO4/c1-14-11-16(22(25)26)12-24(15(14)2)23(27)28-13-21-19-9-5-3-7-17(19)18-8-4-6-10-20(18)21/h3-10,14-16,21H,11-13H2,1-2H3,(H,25,26). The van der Waals surface area contributed by atoms with Crippen molar-refractivity contribution in [2.75, 3.05) is 13.2 Å². The Morgan fingerprint density at radius 3 is 2.18 bits per heavy atom. The van der Waals surface area contributed by atoms with Crippen LogP contribution in [-0.4, -0.2) is 41.3 Å². The molecule has 2 aliphatic rings. The minimum absolute atomic E-state index is 0.00383. The summed E-state index contributed by atoms with van der Waals surface area (Å²) in [6.45, 7) is 4.41. The van der Waals surface area contributed by atoms with Crippen LogP contribution in [0.2, 0.25) is 0 Å². The fraction of sp³-hybridized carbons (Fsp3) is 0.391. The highest BCUT2D eigenvalue weighted by Gasteiger charge is 2.38. The summed E-state index contributed by atoms with van der Waals surface area (Å²) in [5, 5.41) is 9.38. The molecule has 3 unspecified atom stereocenters. The van der Waals surface area contributed by atoms with Gasteiger partial charge in [0.15, 0.2) is 0 Å². The number of nitrogens with zero attached hydrogens (tertiary/aromatic N) is 1. The fourth-order valence-electron chi connectivity index (χ4n) is 4.53. The Balaban J connectivity index is 1.51. The minimum atomic E-state index is -0.852. The van der Waals surface area contributed by atoms with E-state index < -0.39 is 18.0 Å². The van der Waals surface area contributed by atoms with Crippen LogP contribution in [0.5, 0.6) is 0 Å². The van der Waals surface area contributed by atoms with Crippen LogP contribution < -0.4 is 0 Å². The molecule has 0 aromatic heterocycles. The van der Waals surface area contributed by atoms with Gasteiger partial charge in [0.2, 0.25) is 0 Å². The molecule has 1 N–H and O–H groups in total. The summed E-state index contributed by atoms with van der Waals surface area (Å²) in [6, 6.07) is 16.4. The lowest BCUT2D eigenvalue weighted by atomic mass is 9.85. The molecule has 1 amide bonds. The van der Waals surface area contributed by atoms with Gasteiger partial charge in [-0.2, -0.15) is 0 Å². The van der Waals surface area contributed by atoms with Crippen molar-refractivity contribution in [2.24, 2.45) is 11.8 Å². The van der Waals surface area contributed by atoms with E-state index in [-0.39, 0.29) is 31.0 Å². The van der Waals surface area contributed by atoms with E-state index in [1.807, 2.05) is 38.1 Å². The second kappa shape index (κ2) is 7.30. The van der Waals surface area contributed by atoms with Gasteiger partial charge in [0.25, 0.3) is 0 Å². The predicted octanol–water partition coefficient (Wildman–Crippen LogP) is 4.37. The smallest absolute Gasteiger partial charge is 0.410 e. The number of benzene rings is 2. The molecule has 5 nitrogen and oxygen atoms in total. The third-order valence-electron chi connectivity index (χ3n) is 6.31. The van der Waals surface area contributed by atoms with Gasteiger partial charge in [0, 0.05) is 18.5 Å². The van der Waals surface area contributed by atoms with Crippen molar-refractivity contribution in [3.63, 3.8) is 0 Å². The van der Waals surface area contributed by atoms with Gasteiger partial charge < -0.3 is 14.7 Å². The number of carboxylic acid groups (broad SMARTS) is 1. The Bertz CT molecular complexity index is 863. The molecular formula is C23H25NO4. The number of rotatable bonds is 3. The maximum Gasteiger partial charge on any atom is 0.410 e.